The van der Waals surface area contributed by atoms with E-state index < -0.39 is 47.5 Å². The molecule has 0 spiro atoms. The van der Waals surface area contributed by atoms with Crippen LogP contribution in [0.2, 0.25) is 0 Å². The normalized spacial score (nSPS) is 13.6. The Hall–Kier alpha value is -4.09. The van der Waals surface area contributed by atoms with Gasteiger partial charge in [-0.2, -0.15) is 0 Å². The Balaban J connectivity index is 1.94. The largest absolute Gasteiger partial charge is 0.507 e. The van der Waals surface area contributed by atoms with Gasteiger partial charge in [-0.3, -0.25) is 19.2 Å². The number of phenolic OH excluding ortho intramolecular Hbond substituents is 1. The summed E-state index contributed by atoms with van der Waals surface area (Å²) in [6, 6.07) is 0. The number of ether oxygens (including phenoxy) is 6. The van der Waals surface area contributed by atoms with E-state index in [2.05, 4.69) is 0 Å². The number of carbonyl (C=O) groups is 5. The van der Waals surface area contributed by atoms with Crippen molar-refractivity contribution in [2.45, 2.75) is 92.5 Å². The monoisotopic (exact) mass is 606 g/mol. The number of cyclic esters (lactones) is 1. The van der Waals surface area contributed by atoms with Gasteiger partial charge in [-0.05, 0) is 52.5 Å². The molecule has 1 aromatic carbocycles. The van der Waals surface area contributed by atoms with Crippen molar-refractivity contribution >= 4 is 29.8 Å². The van der Waals surface area contributed by atoms with Crippen molar-refractivity contribution in [2.75, 3.05) is 20.3 Å². The molecule has 43 heavy (non-hydrogen) atoms. The van der Waals surface area contributed by atoms with Crippen LogP contribution >= 0.6 is 0 Å². The first-order chi connectivity index (χ1) is 20.1. The molecule has 1 heterocycles. The average Bonchev–Trinajstić information content (AvgIpc) is 3.31. The highest BCUT2D eigenvalue weighted by atomic mass is 16.6. The third-order valence-electron chi connectivity index (χ3n) is 6.84. The molecule has 1 N–H and O–H groups in total. The van der Waals surface area contributed by atoms with E-state index in [1.54, 1.807) is 20.8 Å². The number of fused-ring (bicyclic) bond motifs is 1. The van der Waals surface area contributed by atoms with E-state index in [1.807, 2.05) is 19.9 Å². The fraction of sp³-hybridized carbons (Fsp3) is 0.581. The third kappa shape index (κ3) is 10.3. The summed E-state index contributed by atoms with van der Waals surface area (Å²) in [5.41, 5.74) is 1.83. The van der Waals surface area contributed by atoms with Crippen LogP contribution in [-0.2, 0) is 55.9 Å². The number of hydrogen-bond donors (Lipinski definition) is 1. The lowest BCUT2D eigenvalue weighted by molar-refractivity contribution is -0.171. The molecule has 0 radical (unpaired) electrons. The zero-order valence-electron chi connectivity index (χ0n) is 26.1. The summed E-state index contributed by atoms with van der Waals surface area (Å²) in [7, 11) is 1.49. The molecule has 1 unspecified atom stereocenters. The van der Waals surface area contributed by atoms with Crippen molar-refractivity contribution in [3.8, 4) is 11.5 Å². The molecule has 238 valence electrons. The molecular formula is C31H42O12. The Bertz CT molecular complexity index is 1240. The average molecular weight is 607 g/mol. The van der Waals surface area contributed by atoms with Gasteiger partial charge in [0.1, 0.15) is 42.5 Å². The number of hydrogen-bond acceptors (Lipinski definition) is 12. The van der Waals surface area contributed by atoms with Crippen molar-refractivity contribution in [3.63, 3.8) is 0 Å². The minimum absolute atomic E-state index is 0.0795. The first kappa shape index (κ1) is 35.1. The Kier molecular flexibility index (Phi) is 12.6. The van der Waals surface area contributed by atoms with E-state index >= 15 is 0 Å². The molecule has 12 heteroatoms. The molecule has 1 aromatic rings. The Morgan fingerprint density at radius 2 is 1.65 bits per heavy atom. The Morgan fingerprint density at radius 3 is 2.21 bits per heavy atom. The van der Waals surface area contributed by atoms with E-state index in [0.29, 0.717) is 23.3 Å². The number of allylic oxidation sites excluding steroid dienone is 2. The van der Waals surface area contributed by atoms with Crippen LogP contribution in [0.3, 0.4) is 0 Å². The maximum absolute atomic E-state index is 12.7. The summed E-state index contributed by atoms with van der Waals surface area (Å²) < 4.78 is 31.4. The highest BCUT2D eigenvalue weighted by Gasteiger charge is 2.33. The van der Waals surface area contributed by atoms with E-state index in [1.165, 1.54) is 21.0 Å². The highest BCUT2D eigenvalue weighted by Crippen LogP contribution is 2.42. The molecule has 0 saturated heterocycles. The summed E-state index contributed by atoms with van der Waals surface area (Å²) in [6.07, 6.45) is 1.77. The second kappa shape index (κ2) is 15.4. The number of methoxy groups -OCH3 is 1. The van der Waals surface area contributed by atoms with Gasteiger partial charge in [0.15, 0.2) is 6.10 Å². The van der Waals surface area contributed by atoms with Crippen LogP contribution in [0.1, 0.15) is 87.9 Å². The van der Waals surface area contributed by atoms with Crippen LogP contribution < -0.4 is 4.74 Å². The smallest absolute Gasteiger partial charge is 0.342 e. The number of benzene rings is 1. The van der Waals surface area contributed by atoms with Gasteiger partial charge in [0.2, 0.25) is 0 Å². The maximum Gasteiger partial charge on any atom is 0.342 e. The van der Waals surface area contributed by atoms with Gasteiger partial charge < -0.3 is 33.5 Å². The van der Waals surface area contributed by atoms with Crippen molar-refractivity contribution in [1.82, 2.24) is 0 Å². The SMILES string of the molecule is COc1c(C)c2c(c(O)c1C/C=C(\C)CCC(=O)OC(C)(C)CC(C)C(=O)OC(COC(C)=O)COC(C)=O)C(=O)OC2. The molecule has 0 amide bonds. The summed E-state index contributed by atoms with van der Waals surface area (Å²) in [5.74, 6) is -3.17. The summed E-state index contributed by atoms with van der Waals surface area (Å²) in [5, 5.41) is 10.8. The maximum atomic E-state index is 12.7. The number of carbonyl (C=O) groups excluding carboxylic acids is 5. The zero-order chi connectivity index (χ0) is 32.5. The Morgan fingerprint density at radius 1 is 1.05 bits per heavy atom. The second-order valence-corrected chi connectivity index (χ2v) is 11.2. The van der Waals surface area contributed by atoms with Crippen LogP contribution in [0.4, 0.5) is 0 Å². The standard InChI is InChI=1S/C31H42O12/c1-17(9-11-23-27(35)26-24(16-41-30(26)37)19(3)28(23)38-8)10-12-25(34)43-31(6,7)13-18(2)29(36)42-22(14-39-20(4)32)15-40-21(5)33/h9,18,22,35H,10-16H2,1-8H3/b17-9+. The predicted octanol–water partition coefficient (Wildman–Crippen LogP) is 4.03. The summed E-state index contributed by atoms with van der Waals surface area (Å²) >= 11 is 0. The molecule has 0 fully saturated rings. The third-order valence-corrected chi connectivity index (χ3v) is 6.84. The summed E-state index contributed by atoms with van der Waals surface area (Å²) in [4.78, 5) is 59.7. The van der Waals surface area contributed by atoms with E-state index in [0.717, 1.165) is 11.1 Å². The lowest BCUT2D eigenvalue weighted by atomic mass is 9.94. The van der Waals surface area contributed by atoms with Crippen LogP contribution in [0.5, 0.6) is 11.5 Å². The van der Waals surface area contributed by atoms with Gasteiger partial charge in [-0.1, -0.05) is 18.6 Å². The first-order valence-electron chi connectivity index (χ1n) is 14.0. The molecule has 1 atom stereocenters. The van der Waals surface area contributed by atoms with Crippen LogP contribution in [0.25, 0.3) is 0 Å². The zero-order valence-corrected chi connectivity index (χ0v) is 26.1. The molecule has 0 bridgehead atoms. The fourth-order valence-corrected chi connectivity index (χ4v) is 4.74. The molecule has 1 aliphatic rings. The lowest BCUT2D eigenvalue weighted by Crippen LogP contribution is -2.36. The topological polar surface area (TPSA) is 161 Å². The van der Waals surface area contributed by atoms with Gasteiger partial charge >= 0.3 is 29.8 Å². The van der Waals surface area contributed by atoms with E-state index in [9.17, 15) is 29.1 Å². The summed E-state index contributed by atoms with van der Waals surface area (Å²) in [6.45, 7) is 10.6. The van der Waals surface area contributed by atoms with Crippen LogP contribution in [-0.4, -0.2) is 67.0 Å². The van der Waals surface area contributed by atoms with Crippen molar-refractivity contribution in [3.05, 3.63) is 33.9 Å². The van der Waals surface area contributed by atoms with Gasteiger partial charge in [-0.15, -0.1) is 0 Å². The molecule has 1 aliphatic heterocycles. The quantitative estimate of drug-likeness (QED) is 0.174. The van der Waals surface area contributed by atoms with Gasteiger partial charge in [-0.25, -0.2) is 4.79 Å². The van der Waals surface area contributed by atoms with Crippen molar-refractivity contribution in [1.29, 1.82) is 0 Å². The molecule has 0 saturated carbocycles. The van der Waals surface area contributed by atoms with Crippen molar-refractivity contribution < 1.29 is 57.5 Å². The highest BCUT2D eigenvalue weighted by molar-refractivity contribution is 5.98. The lowest BCUT2D eigenvalue weighted by Gasteiger charge is -2.28. The molecular weight excluding hydrogens is 564 g/mol. The van der Waals surface area contributed by atoms with Gasteiger partial charge in [0.05, 0.1) is 13.0 Å². The first-order valence-corrected chi connectivity index (χ1v) is 14.0. The van der Waals surface area contributed by atoms with Gasteiger partial charge in [0, 0.05) is 31.4 Å². The fourth-order valence-electron chi connectivity index (χ4n) is 4.74. The number of phenols is 1. The van der Waals surface area contributed by atoms with Gasteiger partial charge in [0.25, 0.3) is 0 Å². The van der Waals surface area contributed by atoms with E-state index in [-0.39, 0.29) is 50.4 Å². The van der Waals surface area contributed by atoms with Crippen molar-refractivity contribution in [2.24, 2.45) is 5.92 Å². The molecule has 0 aliphatic carbocycles. The molecule has 0 aromatic heterocycles. The van der Waals surface area contributed by atoms with Crippen LogP contribution in [0, 0.1) is 12.8 Å². The number of rotatable bonds is 15. The minimum Gasteiger partial charge on any atom is -0.507 e. The number of aromatic hydroxyl groups is 1. The predicted molar refractivity (Wildman–Crippen MR) is 152 cm³/mol. The second-order valence-electron chi connectivity index (χ2n) is 11.2. The van der Waals surface area contributed by atoms with Crippen LogP contribution in [0.15, 0.2) is 11.6 Å². The minimum atomic E-state index is -0.996. The molecule has 2 rings (SSSR count). The Labute approximate surface area is 251 Å². The van der Waals surface area contributed by atoms with E-state index in [4.69, 9.17) is 28.4 Å². The molecule has 12 nitrogen and oxygen atoms in total. The number of esters is 5.